The highest BCUT2D eigenvalue weighted by atomic mass is 16.3. The van der Waals surface area contributed by atoms with E-state index in [1.807, 2.05) is 13.0 Å². The SMILES string of the molecule is C/C=C/CC1=C(CO)C(O)CC1(C)C. The Hall–Kier alpha value is -0.600. The van der Waals surface area contributed by atoms with Crippen molar-refractivity contribution in [1.29, 1.82) is 0 Å². The molecule has 0 aromatic carbocycles. The molecule has 0 fully saturated rings. The molecule has 2 heteroatoms. The van der Waals surface area contributed by atoms with Gasteiger partial charge in [-0.25, -0.2) is 0 Å². The van der Waals surface area contributed by atoms with Crippen molar-refractivity contribution in [1.82, 2.24) is 0 Å². The van der Waals surface area contributed by atoms with Crippen molar-refractivity contribution in [2.24, 2.45) is 5.41 Å². The van der Waals surface area contributed by atoms with Gasteiger partial charge in [-0.1, -0.05) is 31.6 Å². The fourth-order valence-electron chi connectivity index (χ4n) is 2.21. The topological polar surface area (TPSA) is 40.5 Å². The van der Waals surface area contributed by atoms with Crippen molar-refractivity contribution in [3.63, 3.8) is 0 Å². The lowest BCUT2D eigenvalue weighted by atomic mass is 9.83. The van der Waals surface area contributed by atoms with E-state index in [0.717, 1.165) is 18.4 Å². The zero-order valence-electron chi connectivity index (χ0n) is 9.25. The molecule has 0 aliphatic heterocycles. The molecule has 0 heterocycles. The third-order valence-corrected chi connectivity index (χ3v) is 3.04. The lowest BCUT2D eigenvalue weighted by Crippen LogP contribution is -2.13. The first-order chi connectivity index (χ1) is 6.53. The van der Waals surface area contributed by atoms with Crippen LogP contribution in [0.5, 0.6) is 0 Å². The average Bonchev–Trinajstić information content (AvgIpc) is 2.31. The van der Waals surface area contributed by atoms with E-state index in [1.165, 1.54) is 5.57 Å². The Morgan fingerprint density at radius 2 is 2.14 bits per heavy atom. The maximum atomic E-state index is 9.75. The highest BCUT2D eigenvalue weighted by Crippen LogP contribution is 2.44. The molecule has 0 amide bonds. The molecule has 0 aromatic rings. The van der Waals surface area contributed by atoms with Crippen molar-refractivity contribution >= 4 is 0 Å². The zero-order valence-corrected chi connectivity index (χ0v) is 9.25. The molecule has 1 aliphatic rings. The Morgan fingerprint density at radius 1 is 1.50 bits per heavy atom. The number of hydrogen-bond acceptors (Lipinski definition) is 2. The average molecular weight is 196 g/mol. The molecule has 0 saturated carbocycles. The van der Waals surface area contributed by atoms with Gasteiger partial charge in [0.25, 0.3) is 0 Å². The van der Waals surface area contributed by atoms with E-state index in [9.17, 15) is 10.2 Å². The summed E-state index contributed by atoms with van der Waals surface area (Å²) >= 11 is 0. The van der Waals surface area contributed by atoms with Gasteiger partial charge in [0.1, 0.15) is 0 Å². The number of aliphatic hydroxyl groups excluding tert-OH is 2. The van der Waals surface area contributed by atoms with Crippen LogP contribution < -0.4 is 0 Å². The molecule has 80 valence electrons. The fourth-order valence-corrected chi connectivity index (χ4v) is 2.21. The Morgan fingerprint density at radius 3 is 2.64 bits per heavy atom. The van der Waals surface area contributed by atoms with Gasteiger partial charge in [0.05, 0.1) is 12.7 Å². The summed E-state index contributed by atoms with van der Waals surface area (Å²) in [4.78, 5) is 0. The van der Waals surface area contributed by atoms with Crippen molar-refractivity contribution < 1.29 is 10.2 Å². The molecule has 2 N–H and O–H groups in total. The standard InChI is InChI=1S/C12H20O2/c1-4-5-6-10-9(8-13)11(14)7-12(10,2)3/h4-5,11,13-14H,6-8H2,1-3H3/b5-4+. The highest BCUT2D eigenvalue weighted by molar-refractivity contribution is 5.32. The number of allylic oxidation sites excluding steroid dienone is 3. The van der Waals surface area contributed by atoms with Gasteiger partial charge in [0.2, 0.25) is 0 Å². The molecular formula is C12H20O2. The van der Waals surface area contributed by atoms with Crippen LogP contribution in [0.4, 0.5) is 0 Å². The number of aliphatic hydroxyl groups is 2. The lowest BCUT2D eigenvalue weighted by molar-refractivity contribution is 0.168. The molecule has 1 rings (SSSR count). The van der Waals surface area contributed by atoms with E-state index >= 15 is 0 Å². The molecule has 14 heavy (non-hydrogen) atoms. The van der Waals surface area contributed by atoms with Gasteiger partial charge in [-0.2, -0.15) is 0 Å². The van der Waals surface area contributed by atoms with Crippen LogP contribution in [-0.4, -0.2) is 22.9 Å². The van der Waals surface area contributed by atoms with Crippen LogP contribution in [0.15, 0.2) is 23.3 Å². The van der Waals surface area contributed by atoms with Gasteiger partial charge < -0.3 is 10.2 Å². The first-order valence-corrected chi connectivity index (χ1v) is 5.15. The van der Waals surface area contributed by atoms with Crippen LogP contribution >= 0.6 is 0 Å². The van der Waals surface area contributed by atoms with E-state index < -0.39 is 6.10 Å². The quantitative estimate of drug-likeness (QED) is 0.678. The predicted molar refractivity (Wildman–Crippen MR) is 57.9 cm³/mol. The third-order valence-electron chi connectivity index (χ3n) is 3.04. The second kappa shape index (κ2) is 4.28. The summed E-state index contributed by atoms with van der Waals surface area (Å²) in [5.74, 6) is 0. The summed E-state index contributed by atoms with van der Waals surface area (Å²) in [5.41, 5.74) is 2.05. The minimum absolute atomic E-state index is 0.0164. The number of rotatable bonds is 3. The molecule has 0 spiro atoms. The van der Waals surface area contributed by atoms with Crippen LogP contribution in [0.25, 0.3) is 0 Å². The zero-order chi connectivity index (χ0) is 10.8. The molecule has 0 saturated heterocycles. The minimum atomic E-state index is -0.449. The largest absolute Gasteiger partial charge is 0.392 e. The molecule has 0 bridgehead atoms. The molecule has 1 aliphatic carbocycles. The van der Waals surface area contributed by atoms with E-state index in [2.05, 4.69) is 19.9 Å². The Labute approximate surface area is 86.0 Å². The van der Waals surface area contributed by atoms with E-state index in [0.29, 0.717) is 0 Å². The second-order valence-corrected chi connectivity index (χ2v) is 4.54. The van der Waals surface area contributed by atoms with Gasteiger partial charge in [-0.15, -0.1) is 0 Å². The van der Waals surface area contributed by atoms with Crippen molar-refractivity contribution in [2.75, 3.05) is 6.61 Å². The summed E-state index contributed by atoms with van der Waals surface area (Å²) < 4.78 is 0. The van der Waals surface area contributed by atoms with Crippen LogP contribution in [0.2, 0.25) is 0 Å². The summed E-state index contributed by atoms with van der Waals surface area (Å²) in [5, 5.41) is 18.9. The molecule has 0 radical (unpaired) electrons. The van der Waals surface area contributed by atoms with Crippen LogP contribution in [0, 0.1) is 5.41 Å². The first kappa shape index (κ1) is 11.5. The fraction of sp³-hybridized carbons (Fsp3) is 0.667. The van der Waals surface area contributed by atoms with Crippen LogP contribution in [0.1, 0.15) is 33.6 Å². The molecule has 1 unspecified atom stereocenters. The predicted octanol–water partition coefficient (Wildman–Crippen LogP) is 2.03. The minimum Gasteiger partial charge on any atom is -0.392 e. The lowest BCUT2D eigenvalue weighted by Gasteiger charge is -2.21. The number of hydrogen-bond donors (Lipinski definition) is 2. The second-order valence-electron chi connectivity index (χ2n) is 4.54. The Kier molecular flexibility index (Phi) is 3.51. The van der Waals surface area contributed by atoms with Gasteiger partial charge in [-0.05, 0) is 30.8 Å². The summed E-state index contributed by atoms with van der Waals surface area (Å²) in [6, 6.07) is 0. The van der Waals surface area contributed by atoms with Crippen molar-refractivity contribution in [2.45, 2.75) is 39.7 Å². The summed E-state index contributed by atoms with van der Waals surface area (Å²) in [6.45, 7) is 6.21. The van der Waals surface area contributed by atoms with E-state index in [4.69, 9.17) is 0 Å². The van der Waals surface area contributed by atoms with Gasteiger partial charge >= 0.3 is 0 Å². The smallest absolute Gasteiger partial charge is 0.0783 e. The molecule has 2 nitrogen and oxygen atoms in total. The third kappa shape index (κ3) is 2.07. The van der Waals surface area contributed by atoms with Crippen LogP contribution in [-0.2, 0) is 0 Å². The first-order valence-electron chi connectivity index (χ1n) is 5.15. The molecule has 0 aromatic heterocycles. The Bertz CT molecular complexity index is 261. The van der Waals surface area contributed by atoms with Gasteiger partial charge in [0, 0.05) is 0 Å². The van der Waals surface area contributed by atoms with Crippen LogP contribution in [0.3, 0.4) is 0 Å². The normalized spacial score (nSPS) is 26.5. The Balaban J connectivity index is 2.95. The van der Waals surface area contributed by atoms with Gasteiger partial charge in [-0.3, -0.25) is 0 Å². The molecular weight excluding hydrogens is 176 g/mol. The van der Waals surface area contributed by atoms with E-state index in [1.54, 1.807) is 0 Å². The van der Waals surface area contributed by atoms with Crippen molar-refractivity contribution in [3.8, 4) is 0 Å². The highest BCUT2D eigenvalue weighted by Gasteiger charge is 2.36. The molecule has 1 atom stereocenters. The maximum Gasteiger partial charge on any atom is 0.0783 e. The summed E-state index contributed by atoms with van der Waals surface area (Å²) in [7, 11) is 0. The monoisotopic (exact) mass is 196 g/mol. The van der Waals surface area contributed by atoms with E-state index in [-0.39, 0.29) is 12.0 Å². The van der Waals surface area contributed by atoms with Crippen molar-refractivity contribution in [3.05, 3.63) is 23.3 Å². The maximum absolute atomic E-state index is 9.75. The van der Waals surface area contributed by atoms with Gasteiger partial charge in [0.15, 0.2) is 0 Å². The summed E-state index contributed by atoms with van der Waals surface area (Å²) in [6.07, 6.45) is 5.20.